The Bertz CT molecular complexity index is 1130. The minimum absolute atomic E-state index is 0.0203. The van der Waals surface area contributed by atoms with Crippen LogP contribution in [0.2, 0.25) is 10.0 Å². The van der Waals surface area contributed by atoms with Gasteiger partial charge in [-0.25, -0.2) is 4.98 Å². The number of methoxy groups -OCH3 is 1. The summed E-state index contributed by atoms with van der Waals surface area (Å²) in [5.74, 6) is 1.16. The van der Waals surface area contributed by atoms with E-state index < -0.39 is 17.3 Å². The van der Waals surface area contributed by atoms with E-state index in [1.807, 2.05) is 24.3 Å². The first-order chi connectivity index (χ1) is 14.7. The highest BCUT2D eigenvalue weighted by Crippen LogP contribution is 2.39. The largest absolute Gasteiger partial charge is 0.497 e. The zero-order valence-electron chi connectivity index (χ0n) is 16.1. The second-order valence-corrected chi connectivity index (χ2v) is 8.32. The van der Waals surface area contributed by atoms with Crippen molar-refractivity contribution in [3.05, 3.63) is 75.3 Å². The molecule has 0 N–H and O–H groups in total. The molecule has 0 aliphatic carbocycles. The fraction of sp³-hybridized carbons (Fsp3) is 0.182. The Kier molecular flexibility index (Phi) is 7.37. The molecule has 2 aromatic carbocycles. The number of benzene rings is 2. The van der Waals surface area contributed by atoms with Gasteiger partial charge in [0.2, 0.25) is 0 Å². The smallest absolute Gasteiger partial charge is 0.417 e. The van der Waals surface area contributed by atoms with Gasteiger partial charge in [-0.05, 0) is 42.3 Å². The molecule has 1 aromatic heterocycles. The Morgan fingerprint density at radius 3 is 2.35 bits per heavy atom. The lowest BCUT2D eigenvalue weighted by molar-refractivity contribution is -0.138. The van der Waals surface area contributed by atoms with Crippen molar-refractivity contribution in [3.63, 3.8) is 0 Å². The lowest BCUT2D eigenvalue weighted by Gasteiger charge is -2.14. The van der Waals surface area contributed by atoms with Gasteiger partial charge in [0.25, 0.3) is 0 Å². The van der Waals surface area contributed by atoms with E-state index in [9.17, 15) is 18.4 Å². The van der Waals surface area contributed by atoms with Crippen LogP contribution in [-0.4, -0.2) is 17.8 Å². The van der Waals surface area contributed by atoms with Gasteiger partial charge in [0.15, 0.2) is 0 Å². The predicted molar refractivity (Wildman–Crippen MR) is 117 cm³/mol. The summed E-state index contributed by atoms with van der Waals surface area (Å²) in [5, 5.41) is 9.93. The molecule has 0 amide bonds. The number of ether oxygens (including phenoxy) is 1. The lowest BCUT2D eigenvalue weighted by Crippen LogP contribution is -2.10. The molecule has 0 aliphatic rings. The van der Waals surface area contributed by atoms with Crippen LogP contribution in [0.3, 0.4) is 0 Å². The van der Waals surface area contributed by atoms with Crippen LogP contribution in [0.15, 0.2) is 53.6 Å². The first-order valence-corrected chi connectivity index (χ1v) is 10.7. The summed E-state index contributed by atoms with van der Waals surface area (Å²) in [6, 6.07) is 14.4. The average Bonchev–Trinajstić information content (AvgIpc) is 2.75. The van der Waals surface area contributed by atoms with Gasteiger partial charge < -0.3 is 4.74 Å². The van der Waals surface area contributed by atoms with Crippen molar-refractivity contribution in [1.82, 2.24) is 4.98 Å². The molecule has 0 spiro atoms. The fourth-order valence-electron chi connectivity index (χ4n) is 2.82. The molecule has 0 saturated heterocycles. The predicted octanol–water partition coefficient (Wildman–Crippen LogP) is 7.29. The third-order valence-electron chi connectivity index (χ3n) is 4.41. The van der Waals surface area contributed by atoms with Crippen molar-refractivity contribution in [1.29, 1.82) is 5.26 Å². The molecule has 31 heavy (non-hydrogen) atoms. The number of alkyl halides is 3. The van der Waals surface area contributed by atoms with E-state index in [-0.39, 0.29) is 20.8 Å². The number of halogens is 5. The number of hydrogen-bond acceptors (Lipinski definition) is 4. The van der Waals surface area contributed by atoms with Crippen LogP contribution in [0, 0.1) is 11.3 Å². The number of aryl methyl sites for hydroxylation is 1. The maximum absolute atomic E-state index is 13.7. The summed E-state index contributed by atoms with van der Waals surface area (Å²) in [6.07, 6.45) is -4.12. The summed E-state index contributed by atoms with van der Waals surface area (Å²) in [5.41, 5.74) is -0.0872. The summed E-state index contributed by atoms with van der Waals surface area (Å²) < 4.78 is 46.1. The second kappa shape index (κ2) is 9.82. The SMILES string of the molecule is COc1ccc(CCSc2nc(-c3ccc(Cl)c(Cl)c3)cc(C(F)(F)F)c2C#N)cc1. The molecule has 0 atom stereocenters. The van der Waals surface area contributed by atoms with Gasteiger partial charge in [-0.3, -0.25) is 0 Å². The molecular weight excluding hydrogens is 468 g/mol. The van der Waals surface area contributed by atoms with E-state index in [2.05, 4.69) is 4.98 Å². The molecule has 0 radical (unpaired) electrons. The maximum Gasteiger partial charge on any atom is 0.417 e. The standard InChI is InChI=1S/C22H15Cl2F3N2OS/c1-30-15-5-2-13(3-6-15)8-9-31-21-16(12-28)17(22(25,26)27)11-20(29-21)14-4-7-18(23)19(24)10-14/h2-7,10-11H,8-9H2,1H3. The number of pyridine rings is 1. The van der Waals surface area contributed by atoms with Crippen LogP contribution >= 0.6 is 35.0 Å². The highest BCUT2D eigenvalue weighted by atomic mass is 35.5. The van der Waals surface area contributed by atoms with Crippen LogP contribution in [0.4, 0.5) is 13.2 Å². The zero-order valence-corrected chi connectivity index (χ0v) is 18.5. The zero-order chi connectivity index (χ0) is 22.6. The molecule has 3 rings (SSSR count). The van der Waals surface area contributed by atoms with Gasteiger partial charge >= 0.3 is 6.18 Å². The second-order valence-electron chi connectivity index (χ2n) is 6.42. The fourth-order valence-corrected chi connectivity index (χ4v) is 4.11. The van der Waals surface area contributed by atoms with E-state index in [1.165, 1.54) is 18.2 Å². The van der Waals surface area contributed by atoms with Crippen molar-refractivity contribution in [2.75, 3.05) is 12.9 Å². The summed E-state index contributed by atoms with van der Waals surface area (Å²) in [4.78, 5) is 4.34. The molecule has 0 bridgehead atoms. The Morgan fingerprint density at radius 2 is 1.77 bits per heavy atom. The molecule has 0 unspecified atom stereocenters. The van der Waals surface area contributed by atoms with E-state index >= 15 is 0 Å². The molecule has 3 aromatic rings. The molecule has 0 aliphatic heterocycles. The van der Waals surface area contributed by atoms with Crippen molar-refractivity contribution in [3.8, 4) is 23.1 Å². The third kappa shape index (κ3) is 5.65. The molecule has 9 heteroatoms. The Balaban J connectivity index is 1.94. The maximum atomic E-state index is 13.7. The number of aromatic nitrogens is 1. The van der Waals surface area contributed by atoms with Crippen molar-refractivity contribution >= 4 is 35.0 Å². The monoisotopic (exact) mass is 482 g/mol. The summed E-state index contributed by atoms with van der Waals surface area (Å²) >= 11 is 13.0. The number of thioether (sulfide) groups is 1. The topological polar surface area (TPSA) is 45.9 Å². The first-order valence-electron chi connectivity index (χ1n) is 8.96. The van der Waals surface area contributed by atoms with Gasteiger partial charge in [-0.2, -0.15) is 18.4 Å². The summed E-state index contributed by atoms with van der Waals surface area (Å²) in [6.45, 7) is 0. The van der Waals surface area contributed by atoms with Gasteiger partial charge in [0.05, 0.1) is 34.0 Å². The van der Waals surface area contributed by atoms with Crippen molar-refractivity contribution in [2.24, 2.45) is 0 Å². The molecule has 160 valence electrons. The Labute approximate surface area is 191 Å². The molecule has 1 heterocycles. The van der Waals surface area contributed by atoms with Crippen molar-refractivity contribution in [2.45, 2.75) is 17.6 Å². The molecular formula is C22H15Cl2F3N2OS. The van der Waals surface area contributed by atoms with E-state index in [0.29, 0.717) is 23.5 Å². The number of hydrogen-bond donors (Lipinski definition) is 0. The quantitative estimate of drug-likeness (QED) is 0.346. The molecule has 0 saturated carbocycles. The van der Waals surface area contributed by atoms with E-state index in [4.69, 9.17) is 27.9 Å². The number of nitrogens with zero attached hydrogens (tertiary/aromatic N) is 2. The Hall–Kier alpha value is -2.40. The normalized spacial score (nSPS) is 11.3. The van der Waals surface area contributed by atoms with Crippen LogP contribution in [0.1, 0.15) is 16.7 Å². The number of rotatable bonds is 6. The van der Waals surface area contributed by atoms with E-state index in [0.717, 1.165) is 23.4 Å². The van der Waals surface area contributed by atoms with Gasteiger partial charge in [-0.1, -0.05) is 41.4 Å². The summed E-state index contributed by atoms with van der Waals surface area (Å²) in [7, 11) is 1.57. The van der Waals surface area contributed by atoms with Gasteiger partial charge in [0, 0.05) is 11.3 Å². The van der Waals surface area contributed by atoms with Crippen LogP contribution in [-0.2, 0) is 12.6 Å². The van der Waals surface area contributed by atoms with Gasteiger partial charge in [0.1, 0.15) is 16.8 Å². The average molecular weight is 483 g/mol. The Morgan fingerprint density at radius 1 is 1.06 bits per heavy atom. The molecule has 0 fully saturated rings. The van der Waals surface area contributed by atoms with Crippen LogP contribution in [0.25, 0.3) is 11.3 Å². The number of nitriles is 1. The molecule has 3 nitrogen and oxygen atoms in total. The van der Waals surface area contributed by atoms with Crippen molar-refractivity contribution < 1.29 is 17.9 Å². The highest BCUT2D eigenvalue weighted by molar-refractivity contribution is 7.99. The minimum atomic E-state index is -4.70. The van der Waals surface area contributed by atoms with Crippen LogP contribution < -0.4 is 4.74 Å². The first kappa shape index (κ1) is 23.3. The third-order valence-corrected chi connectivity index (χ3v) is 6.12. The lowest BCUT2D eigenvalue weighted by atomic mass is 10.1. The van der Waals surface area contributed by atoms with E-state index in [1.54, 1.807) is 13.2 Å². The minimum Gasteiger partial charge on any atom is -0.497 e. The van der Waals surface area contributed by atoms with Gasteiger partial charge in [-0.15, -0.1) is 11.8 Å². The highest BCUT2D eigenvalue weighted by Gasteiger charge is 2.36. The van der Waals surface area contributed by atoms with Crippen LogP contribution in [0.5, 0.6) is 5.75 Å².